The van der Waals surface area contributed by atoms with Crippen molar-refractivity contribution in [3.05, 3.63) is 29.3 Å². The van der Waals surface area contributed by atoms with Crippen LogP contribution in [0.3, 0.4) is 0 Å². The molecule has 2 N–H and O–H groups in total. The SMILES string of the molecule is CCN(CC(=O)O)C(=O)Nc1ccc2c(c1)COC2. The van der Waals surface area contributed by atoms with Gasteiger partial charge in [-0.2, -0.15) is 0 Å². The highest BCUT2D eigenvalue weighted by Crippen LogP contribution is 2.23. The maximum atomic E-state index is 11.9. The molecular formula is C13H16N2O4. The molecule has 1 aromatic carbocycles. The number of carboxylic acid groups (broad SMARTS) is 1. The smallest absolute Gasteiger partial charge is 0.323 e. The summed E-state index contributed by atoms with van der Waals surface area (Å²) in [7, 11) is 0. The number of benzene rings is 1. The molecule has 2 rings (SSSR count). The van der Waals surface area contributed by atoms with Crippen molar-refractivity contribution in [3.8, 4) is 0 Å². The minimum Gasteiger partial charge on any atom is -0.480 e. The minimum atomic E-state index is -1.03. The van der Waals surface area contributed by atoms with Gasteiger partial charge in [0.2, 0.25) is 0 Å². The van der Waals surface area contributed by atoms with Crippen molar-refractivity contribution in [2.75, 3.05) is 18.4 Å². The monoisotopic (exact) mass is 264 g/mol. The number of anilines is 1. The molecule has 0 unspecified atom stereocenters. The first-order valence-electron chi connectivity index (χ1n) is 6.07. The highest BCUT2D eigenvalue weighted by molar-refractivity contribution is 5.91. The number of ether oxygens (including phenoxy) is 1. The number of carbonyl (C=O) groups is 2. The standard InChI is InChI=1S/C13H16N2O4/c1-2-15(6-12(16)17)13(18)14-11-4-3-9-7-19-8-10(9)5-11/h3-5H,2,6-8H2,1H3,(H,14,18)(H,16,17). The van der Waals surface area contributed by atoms with E-state index in [0.717, 1.165) is 11.1 Å². The number of nitrogens with one attached hydrogen (secondary N) is 1. The van der Waals surface area contributed by atoms with E-state index in [4.69, 9.17) is 9.84 Å². The Morgan fingerprint density at radius 1 is 1.37 bits per heavy atom. The molecule has 0 saturated carbocycles. The van der Waals surface area contributed by atoms with Gasteiger partial charge in [0.15, 0.2) is 0 Å². The van der Waals surface area contributed by atoms with Crippen LogP contribution in [0.4, 0.5) is 10.5 Å². The number of fused-ring (bicyclic) bond motifs is 1. The molecule has 2 amide bonds. The minimum absolute atomic E-state index is 0.309. The average Bonchev–Trinajstić information content (AvgIpc) is 2.82. The normalized spacial score (nSPS) is 12.9. The molecular weight excluding hydrogens is 248 g/mol. The summed E-state index contributed by atoms with van der Waals surface area (Å²) in [5, 5.41) is 11.4. The van der Waals surface area contributed by atoms with Gasteiger partial charge in [0.25, 0.3) is 0 Å². The van der Waals surface area contributed by atoms with Gasteiger partial charge in [0, 0.05) is 12.2 Å². The number of aliphatic carboxylic acids is 1. The zero-order chi connectivity index (χ0) is 13.8. The van der Waals surface area contributed by atoms with Crippen LogP contribution >= 0.6 is 0 Å². The van der Waals surface area contributed by atoms with E-state index in [0.29, 0.717) is 25.4 Å². The van der Waals surface area contributed by atoms with Gasteiger partial charge < -0.3 is 20.1 Å². The Balaban J connectivity index is 2.03. The molecule has 0 aliphatic carbocycles. The molecule has 1 aliphatic rings. The van der Waals surface area contributed by atoms with Crippen molar-refractivity contribution in [2.45, 2.75) is 20.1 Å². The Morgan fingerprint density at radius 3 is 2.79 bits per heavy atom. The van der Waals surface area contributed by atoms with Crippen LogP contribution in [0, 0.1) is 0 Å². The first kappa shape index (κ1) is 13.4. The van der Waals surface area contributed by atoms with Crippen LogP contribution in [-0.2, 0) is 22.7 Å². The number of amides is 2. The van der Waals surface area contributed by atoms with E-state index in [-0.39, 0.29) is 6.54 Å². The molecule has 0 aromatic heterocycles. The molecule has 1 heterocycles. The number of likely N-dealkylation sites (N-methyl/N-ethyl adjacent to an activating group) is 1. The molecule has 19 heavy (non-hydrogen) atoms. The van der Waals surface area contributed by atoms with Crippen LogP contribution in [-0.4, -0.2) is 35.1 Å². The van der Waals surface area contributed by atoms with Crippen molar-refractivity contribution in [1.82, 2.24) is 4.90 Å². The highest BCUT2D eigenvalue weighted by atomic mass is 16.5. The fraction of sp³-hybridized carbons (Fsp3) is 0.385. The summed E-state index contributed by atoms with van der Waals surface area (Å²) >= 11 is 0. The van der Waals surface area contributed by atoms with Crippen molar-refractivity contribution in [2.24, 2.45) is 0 Å². The molecule has 6 nitrogen and oxygen atoms in total. The first-order valence-corrected chi connectivity index (χ1v) is 6.07. The zero-order valence-corrected chi connectivity index (χ0v) is 10.7. The van der Waals surface area contributed by atoms with Crippen molar-refractivity contribution < 1.29 is 19.4 Å². The summed E-state index contributed by atoms with van der Waals surface area (Å²) in [6.45, 7) is 2.91. The Kier molecular flexibility index (Phi) is 4.01. The molecule has 0 saturated heterocycles. The summed E-state index contributed by atoms with van der Waals surface area (Å²) in [5.74, 6) is -1.03. The lowest BCUT2D eigenvalue weighted by Gasteiger charge is -2.19. The van der Waals surface area contributed by atoms with E-state index in [1.54, 1.807) is 13.0 Å². The second-order valence-electron chi connectivity index (χ2n) is 4.31. The number of carbonyl (C=O) groups excluding carboxylic acids is 1. The third-order valence-corrected chi connectivity index (χ3v) is 2.97. The van der Waals surface area contributed by atoms with Crippen molar-refractivity contribution >= 4 is 17.7 Å². The summed E-state index contributed by atoms with van der Waals surface area (Å²) in [5.41, 5.74) is 2.83. The summed E-state index contributed by atoms with van der Waals surface area (Å²) in [6.07, 6.45) is 0. The zero-order valence-electron chi connectivity index (χ0n) is 10.7. The van der Waals surface area contributed by atoms with E-state index >= 15 is 0 Å². The Morgan fingerprint density at radius 2 is 2.11 bits per heavy atom. The largest absolute Gasteiger partial charge is 0.480 e. The summed E-state index contributed by atoms with van der Waals surface area (Å²) < 4.78 is 5.30. The van der Waals surface area contributed by atoms with Crippen molar-refractivity contribution in [1.29, 1.82) is 0 Å². The molecule has 0 atom stereocenters. The van der Waals surface area contributed by atoms with Gasteiger partial charge in [-0.1, -0.05) is 6.07 Å². The van der Waals surface area contributed by atoms with Crippen LogP contribution in [0.1, 0.15) is 18.1 Å². The van der Waals surface area contributed by atoms with Crippen molar-refractivity contribution in [3.63, 3.8) is 0 Å². The van der Waals surface area contributed by atoms with Gasteiger partial charge in [-0.15, -0.1) is 0 Å². The van der Waals surface area contributed by atoms with Crippen LogP contribution < -0.4 is 5.32 Å². The first-order chi connectivity index (χ1) is 9.10. The number of carboxylic acids is 1. The summed E-state index contributed by atoms with van der Waals surface area (Å²) in [6, 6.07) is 5.14. The average molecular weight is 264 g/mol. The van der Waals surface area contributed by atoms with Gasteiger partial charge in [0.1, 0.15) is 6.54 Å². The van der Waals surface area contributed by atoms with Crippen LogP contribution in [0.2, 0.25) is 0 Å². The molecule has 1 aromatic rings. The molecule has 0 spiro atoms. The topological polar surface area (TPSA) is 78.9 Å². The maximum absolute atomic E-state index is 11.9. The lowest BCUT2D eigenvalue weighted by Crippen LogP contribution is -2.38. The van der Waals surface area contributed by atoms with E-state index in [1.807, 2.05) is 12.1 Å². The molecule has 6 heteroatoms. The Bertz CT molecular complexity index is 501. The second-order valence-corrected chi connectivity index (χ2v) is 4.31. The molecule has 0 bridgehead atoms. The van der Waals surface area contributed by atoms with E-state index < -0.39 is 12.0 Å². The Labute approximate surface area is 111 Å². The predicted molar refractivity (Wildman–Crippen MR) is 68.8 cm³/mol. The van der Waals surface area contributed by atoms with Gasteiger partial charge >= 0.3 is 12.0 Å². The number of nitrogens with zero attached hydrogens (tertiary/aromatic N) is 1. The van der Waals surface area contributed by atoms with Gasteiger partial charge in [-0.05, 0) is 30.2 Å². The molecule has 1 aliphatic heterocycles. The van der Waals surface area contributed by atoms with Gasteiger partial charge in [0.05, 0.1) is 13.2 Å². The molecule has 102 valence electrons. The van der Waals surface area contributed by atoms with Crippen LogP contribution in [0.25, 0.3) is 0 Å². The molecule has 0 fully saturated rings. The number of rotatable bonds is 4. The number of hydrogen-bond acceptors (Lipinski definition) is 3. The fourth-order valence-electron chi connectivity index (χ4n) is 1.94. The van der Waals surface area contributed by atoms with Gasteiger partial charge in [-0.25, -0.2) is 4.79 Å². The summed E-state index contributed by atoms with van der Waals surface area (Å²) in [4.78, 5) is 23.8. The second kappa shape index (κ2) is 5.71. The van der Waals surface area contributed by atoms with Crippen LogP contribution in [0.5, 0.6) is 0 Å². The predicted octanol–water partition coefficient (Wildman–Crippen LogP) is 1.66. The van der Waals surface area contributed by atoms with E-state index in [2.05, 4.69) is 5.32 Å². The van der Waals surface area contributed by atoms with E-state index in [9.17, 15) is 9.59 Å². The lowest BCUT2D eigenvalue weighted by molar-refractivity contribution is -0.137. The Hall–Kier alpha value is -2.08. The van der Waals surface area contributed by atoms with Crippen LogP contribution in [0.15, 0.2) is 18.2 Å². The molecule has 0 radical (unpaired) electrons. The number of urea groups is 1. The lowest BCUT2D eigenvalue weighted by atomic mass is 10.1. The quantitative estimate of drug-likeness (QED) is 0.866. The fourth-order valence-corrected chi connectivity index (χ4v) is 1.94. The highest BCUT2D eigenvalue weighted by Gasteiger charge is 2.16. The van der Waals surface area contributed by atoms with E-state index in [1.165, 1.54) is 4.90 Å². The maximum Gasteiger partial charge on any atom is 0.323 e. The third-order valence-electron chi connectivity index (χ3n) is 2.97. The third kappa shape index (κ3) is 3.23. The van der Waals surface area contributed by atoms with Gasteiger partial charge in [-0.3, -0.25) is 4.79 Å². The number of hydrogen-bond donors (Lipinski definition) is 2.